The predicted octanol–water partition coefficient (Wildman–Crippen LogP) is 18.9. The summed E-state index contributed by atoms with van der Waals surface area (Å²) < 4.78 is 21.1. The molecule has 3 rings (SSSR count). The van der Waals surface area contributed by atoms with Crippen LogP contribution < -0.4 is 9.47 Å². The first-order valence-electron chi connectivity index (χ1n) is 28.0. The number of aldehydes is 2. The summed E-state index contributed by atoms with van der Waals surface area (Å²) in [4.78, 5) is 33.1. The Labute approximate surface area is 477 Å². The standard InChI is InChI=1S/C24H34O4.C24H34O3.C22H30O2/c1-18(2)8-6-9-19(3)10-7-11-20(4)12-13-21-16-22(24(25)26)14-15-23(21)28-17-27-5;1-19(2)8-6-9-20(3)10-7-11-21(4)12-14-23-16-22(17-25)13-15-24(23)27-18-26-5;1-17(2)7-5-8-18(3)9-6-10-19(4)11-13-21-15-20(16-23)12-14-22(21)24/h8,10,12,14-16H,6-7,9,11,13,17H2,1-5H3,(H,25,26);8,10,12-13,15-17H,6-7,9,11,14,18H2,1-5H3;7,9,11-12,14-16,24H,5-6,8,10,13H2,1-4H3/b19-10+,20-12+;20-10+,21-12+;18-9+,19-11+. The van der Waals surface area contributed by atoms with E-state index in [9.17, 15) is 24.6 Å². The van der Waals surface area contributed by atoms with Crippen molar-refractivity contribution in [1.82, 2.24) is 0 Å². The number of carbonyl (C=O) groups is 3. The molecule has 0 radical (unpaired) electrons. The van der Waals surface area contributed by atoms with E-state index in [1.165, 1.54) is 50.2 Å². The van der Waals surface area contributed by atoms with E-state index < -0.39 is 5.97 Å². The van der Waals surface area contributed by atoms with Crippen molar-refractivity contribution in [2.45, 2.75) is 179 Å². The third kappa shape index (κ3) is 34.8. The molecule has 9 heteroatoms. The molecule has 79 heavy (non-hydrogen) atoms. The molecule has 0 aromatic heterocycles. The van der Waals surface area contributed by atoms with Gasteiger partial charge < -0.3 is 29.2 Å². The van der Waals surface area contributed by atoms with Gasteiger partial charge in [0.1, 0.15) is 29.8 Å². The van der Waals surface area contributed by atoms with Crippen molar-refractivity contribution in [3.8, 4) is 17.2 Å². The van der Waals surface area contributed by atoms with Gasteiger partial charge in [0.15, 0.2) is 13.6 Å². The predicted molar refractivity (Wildman–Crippen MR) is 331 cm³/mol. The van der Waals surface area contributed by atoms with Gasteiger partial charge in [-0.25, -0.2) is 4.79 Å². The molecule has 0 heterocycles. The van der Waals surface area contributed by atoms with Crippen LogP contribution >= 0.6 is 0 Å². The Bertz CT molecular complexity index is 2600. The number of aromatic carboxylic acids is 1. The first-order chi connectivity index (χ1) is 37.7. The molecule has 432 valence electrons. The zero-order valence-corrected chi connectivity index (χ0v) is 50.8. The van der Waals surface area contributed by atoms with Crippen molar-refractivity contribution < 1.29 is 43.5 Å². The smallest absolute Gasteiger partial charge is 0.335 e. The van der Waals surface area contributed by atoms with Crippen LogP contribution in [0.2, 0.25) is 0 Å². The minimum Gasteiger partial charge on any atom is -0.508 e. The summed E-state index contributed by atoms with van der Waals surface area (Å²) in [5, 5.41) is 19.1. The van der Waals surface area contributed by atoms with Gasteiger partial charge in [-0.3, -0.25) is 9.59 Å². The lowest BCUT2D eigenvalue weighted by molar-refractivity contribution is 0.0503. The number of allylic oxidation sites excluding steroid dienone is 18. The molecule has 0 aliphatic carbocycles. The van der Waals surface area contributed by atoms with Crippen LogP contribution in [0.3, 0.4) is 0 Å². The Morgan fingerprint density at radius 2 is 0.734 bits per heavy atom. The Morgan fingerprint density at radius 3 is 1.09 bits per heavy atom. The maximum absolute atomic E-state index is 11.2. The highest BCUT2D eigenvalue weighted by molar-refractivity contribution is 5.88. The average Bonchev–Trinajstić information content (AvgIpc) is 3.41. The second-order valence-electron chi connectivity index (χ2n) is 21.2. The van der Waals surface area contributed by atoms with Crippen LogP contribution in [0.1, 0.15) is 208 Å². The van der Waals surface area contributed by atoms with Crippen LogP contribution in [0.5, 0.6) is 17.2 Å². The molecule has 0 unspecified atom stereocenters. The van der Waals surface area contributed by atoms with Crippen LogP contribution in [0.25, 0.3) is 0 Å². The third-order valence-electron chi connectivity index (χ3n) is 12.8. The quantitative estimate of drug-likeness (QED) is 0.0348. The molecule has 0 atom stereocenters. The fraction of sp³-hybridized carbons (Fsp3) is 0.443. The Morgan fingerprint density at radius 1 is 0.418 bits per heavy atom. The number of methoxy groups -OCH3 is 2. The van der Waals surface area contributed by atoms with Gasteiger partial charge in [-0.15, -0.1) is 0 Å². The number of carbonyl (C=O) groups excluding carboxylic acids is 2. The molecule has 0 aliphatic rings. The molecule has 0 aliphatic heterocycles. The molecule has 9 nitrogen and oxygen atoms in total. The lowest BCUT2D eigenvalue weighted by Crippen LogP contribution is -2.04. The van der Waals surface area contributed by atoms with E-state index in [-0.39, 0.29) is 24.9 Å². The monoisotopic (exact) mass is 1080 g/mol. The minimum absolute atomic E-state index is 0.138. The molecule has 3 aromatic rings. The fourth-order valence-electron chi connectivity index (χ4n) is 7.94. The highest BCUT2D eigenvalue weighted by Gasteiger charge is 2.10. The maximum Gasteiger partial charge on any atom is 0.335 e. The van der Waals surface area contributed by atoms with E-state index in [0.717, 1.165) is 118 Å². The van der Waals surface area contributed by atoms with Gasteiger partial charge >= 0.3 is 5.97 Å². The van der Waals surface area contributed by atoms with Crippen molar-refractivity contribution >= 4 is 18.5 Å². The van der Waals surface area contributed by atoms with Gasteiger partial charge in [0.05, 0.1) is 5.56 Å². The number of benzene rings is 3. The molecule has 2 N–H and O–H groups in total. The average molecular weight is 1080 g/mol. The first kappa shape index (κ1) is 70.5. The molecular formula is C70H98O9. The van der Waals surface area contributed by atoms with E-state index >= 15 is 0 Å². The normalized spacial score (nSPS) is 12.1. The molecule has 0 saturated carbocycles. The van der Waals surface area contributed by atoms with Crippen molar-refractivity contribution in [3.05, 3.63) is 193 Å². The van der Waals surface area contributed by atoms with Gasteiger partial charge in [0.2, 0.25) is 0 Å². The lowest BCUT2D eigenvalue weighted by Gasteiger charge is -2.11. The lowest BCUT2D eigenvalue weighted by atomic mass is 10.0. The fourth-order valence-corrected chi connectivity index (χ4v) is 7.94. The minimum atomic E-state index is -0.936. The molecule has 0 bridgehead atoms. The summed E-state index contributed by atoms with van der Waals surface area (Å²) in [7, 11) is 3.16. The third-order valence-corrected chi connectivity index (χ3v) is 12.8. The van der Waals surface area contributed by atoms with Crippen LogP contribution in [-0.4, -0.2) is 56.6 Å². The zero-order chi connectivity index (χ0) is 59.0. The second kappa shape index (κ2) is 42.4. The van der Waals surface area contributed by atoms with Crippen LogP contribution in [0.15, 0.2) is 159 Å². The summed E-state index contributed by atoms with van der Waals surface area (Å²) >= 11 is 0. The summed E-state index contributed by atoms with van der Waals surface area (Å²) in [5.74, 6) is 0.737. The zero-order valence-electron chi connectivity index (χ0n) is 50.8. The van der Waals surface area contributed by atoms with Gasteiger partial charge in [-0.1, -0.05) is 105 Å². The highest BCUT2D eigenvalue weighted by atomic mass is 16.7. The highest BCUT2D eigenvalue weighted by Crippen LogP contribution is 2.25. The van der Waals surface area contributed by atoms with Gasteiger partial charge in [-0.05, 0) is 251 Å². The SMILES string of the molecule is CC(C)=CCC/C(C)=C/CC/C(C)=C/Cc1cc(C=O)ccc1O.COCOc1ccc(C(=O)O)cc1C/C=C(\C)CC/C=C(\C)CCC=C(C)C.COCOc1ccc(C=O)cc1C/C=C(\C)CC/C=C(\C)CCC=C(C)C. The number of aromatic hydroxyl groups is 1. The Kier molecular flexibility index (Phi) is 37.8. The molecule has 0 amide bonds. The summed E-state index contributed by atoms with van der Waals surface area (Å²) in [5.41, 5.74) is 16.6. The largest absolute Gasteiger partial charge is 0.508 e. The number of hydrogen-bond acceptors (Lipinski definition) is 8. The van der Waals surface area contributed by atoms with E-state index in [4.69, 9.17) is 18.9 Å². The van der Waals surface area contributed by atoms with Crippen LogP contribution in [-0.2, 0) is 28.7 Å². The van der Waals surface area contributed by atoms with Crippen LogP contribution in [0, 0.1) is 0 Å². The Hall–Kier alpha value is -6.55. The summed E-state index contributed by atoms with van der Waals surface area (Å²) in [6.45, 7) is 26.1. The van der Waals surface area contributed by atoms with E-state index in [2.05, 4.69) is 138 Å². The van der Waals surface area contributed by atoms with Crippen molar-refractivity contribution in [2.75, 3.05) is 27.8 Å². The molecular weight excluding hydrogens is 985 g/mol. The molecule has 0 spiro atoms. The maximum atomic E-state index is 11.2. The molecule has 0 fully saturated rings. The van der Waals surface area contributed by atoms with Gasteiger partial charge in [0, 0.05) is 25.3 Å². The number of ether oxygens (including phenoxy) is 4. The number of carboxylic acid groups (broad SMARTS) is 1. The number of rotatable bonds is 33. The number of phenolic OH excluding ortho intramolecular Hbond substituents is 1. The molecule has 0 saturated heterocycles. The number of hydrogen-bond donors (Lipinski definition) is 2. The Balaban J connectivity index is 0.000000594. The summed E-state index contributed by atoms with van der Waals surface area (Å²) in [6.07, 6.45) is 36.9. The molecule has 3 aromatic carbocycles. The van der Waals surface area contributed by atoms with Crippen molar-refractivity contribution in [2.24, 2.45) is 0 Å². The topological polar surface area (TPSA) is 129 Å². The summed E-state index contributed by atoms with van der Waals surface area (Å²) in [6, 6.07) is 15.4. The van der Waals surface area contributed by atoms with Crippen molar-refractivity contribution in [1.29, 1.82) is 0 Å². The van der Waals surface area contributed by atoms with E-state index in [0.29, 0.717) is 29.7 Å². The van der Waals surface area contributed by atoms with Gasteiger partial charge in [-0.2, -0.15) is 0 Å². The van der Waals surface area contributed by atoms with E-state index in [1.807, 2.05) is 12.1 Å². The first-order valence-corrected chi connectivity index (χ1v) is 28.0. The van der Waals surface area contributed by atoms with E-state index in [1.54, 1.807) is 56.7 Å². The van der Waals surface area contributed by atoms with Crippen LogP contribution in [0.4, 0.5) is 0 Å². The second-order valence-corrected chi connectivity index (χ2v) is 21.2. The number of carboxylic acids is 1. The number of phenols is 1. The van der Waals surface area contributed by atoms with Gasteiger partial charge in [0.25, 0.3) is 0 Å². The van der Waals surface area contributed by atoms with Crippen molar-refractivity contribution in [3.63, 3.8) is 0 Å².